The Labute approximate surface area is 150 Å². The summed E-state index contributed by atoms with van der Waals surface area (Å²) in [7, 11) is 0. The van der Waals surface area contributed by atoms with Crippen LogP contribution in [0.4, 0.5) is 15.9 Å². The summed E-state index contributed by atoms with van der Waals surface area (Å²) in [4.78, 5) is 8.48. The highest BCUT2D eigenvalue weighted by Crippen LogP contribution is 2.26. The van der Waals surface area contributed by atoms with Crippen LogP contribution in [0, 0.1) is 5.82 Å². The first-order valence-electron chi connectivity index (χ1n) is 8.23. The van der Waals surface area contributed by atoms with Crippen molar-refractivity contribution in [3.05, 3.63) is 90.5 Å². The van der Waals surface area contributed by atoms with Crippen LogP contribution in [-0.4, -0.2) is 9.97 Å². The van der Waals surface area contributed by atoms with E-state index in [4.69, 9.17) is 4.74 Å². The van der Waals surface area contributed by atoms with E-state index in [2.05, 4.69) is 15.3 Å². The summed E-state index contributed by atoms with van der Waals surface area (Å²) in [6.45, 7) is 0.321. The Hall–Kier alpha value is -3.47. The van der Waals surface area contributed by atoms with Gasteiger partial charge in [-0.15, -0.1) is 0 Å². The molecule has 0 atom stereocenters. The molecule has 0 aliphatic heterocycles. The Morgan fingerprint density at radius 1 is 0.885 bits per heavy atom. The van der Waals surface area contributed by atoms with E-state index in [-0.39, 0.29) is 5.75 Å². The average Bonchev–Trinajstić information content (AvgIpc) is 2.68. The number of benzene rings is 3. The van der Waals surface area contributed by atoms with Crippen LogP contribution in [0.3, 0.4) is 0 Å². The van der Waals surface area contributed by atoms with Gasteiger partial charge < -0.3 is 10.1 Å². The SMILES string of the molecule is Fc1cc(Nc2ncnc3ccccc23)ccc1OCc1ccccc1. The highest BCUT2D eigenvalue weighted by Gasteiger charge is 2.08. The van der Waals surface area contributed by atoms with Crippen LogP contribution in [0.1, 0.15) is 5.56 Å². The third-order valence-corrected chi connectivity index (χ3v) is 3.97. The van der Waals surface area contributed by atoms with Crippen molar-refractivity contribution >= 4 is 22.4 Å². The predicted molar refractivity (Wildman–Crippen MR) is 100.0 cm³/mol. The minimum atomic E-state index is -0.427. The largest absolute Gasteiger partial charge is 0.486 e. The van der Waals surface area contributed by atoms with E-state index in [0.29, 0.717) is 18.1 Å². The van der Waals surface area contributed by atoms with Crippen molar-refractivity contribution in [3.8, 4) is 5.75 Å². The number of ether oxygens (including phenoxy) is 1. The molecule has 0 unspecified atom stereocenters. The van der Waals surface area contributed by atoms with E-state index in [9.17, 15) is 4.39 Å². The molecular weight excluding hydrogens is 329 g/mol. The van der Waals surface area contributed by atoms with Gasteiger partial charge in [-0.25, -0.2) is 14.4 Å². The van der Waals surface area contributed by atoms with Crippen molar-refractivity contribution in [3.63, 3.8) is 0 Å². The molecule has 1 aromatic heterocycles. The summed E-state index contributed by atoms with van der Waals surface area (Å²) in [5.74, 6) is 0.421. The normalized spacial score (nSPS) is 10.7. The van der Waals surface area contributed by atoms with E-state index >= 15 is 0 Å². The number of hydrogen-bond acceptors (Lipinski definition) is 4. The maximum atomic E-state index is 14.4. The summed E-state index contributed by atoms with van der Waals surface area (Å²) in [5.41, 5.74) is 2.41. The monoisotopic (exact) mass is 345 g/mol. The molecule has 4 nitrogen and oxygen atoms in total. The third kappa shape index (κ3) is 3.47. The van der Waals surface area contributed by atoms with Crippen LogP contribution < -0.4 is 10.1 Å². The highest BCUT2D eigenvalue weighted by atomic mass is 19.1. The van der Waals surface area contributed by atoms with E-state index in [1.807, 2.05) is 54.6 Å². The predicted octanol–water partition coefficient (Wildman–Crippen LogP) is 5.09. The number of aromatic nitrogens is 2. The van der Waals surface area contributed by atoms with Gasteiger partial charge in [-0.2, -0.15) is 0 Å². The van der Waals surface area contributed by atoms with Gasteiger partial charge >= 0.3 is 0 Å². The molecule has 1 heterocycles. The molecule has 4 rings (SSSR count). The van der Waals surface area contributed by atoms with Crippen molar-refractivity contribution in [2.45, 2.75) is 6.61 Å². The van der Waals surface area contributed by atoms with Gasteiger partial charge in [0.05, 0.1) is 5.52 Å². The number of fused-ring (bicyclic) bond motifs is 1. The topological polar surface area (TPSA) is 47.0 Å². The van der Waals surface area contributed by atoms with Gasteiger partial charge in [-0.05, 0) is 29.8 Å². The molecule has 4 aromatic rings. The Balaban J connectivity index is 1.52. The first-order chi connectivity index (χ1) is 12.8. The molecule has 0 aliphatic rings. The zero-order chi connectivity index (χ0) is 17.8. The molecule has 0 bridgehead atoms. The van der Waals surface area contributed by atoms with Gasteiger partial charge in [-0.1, -0.05) is 42.5 Å². The molecule has 5 heteroatoms. The lowest BCUT2D eigenvalue weighted by Crippen LogP contribution is -1.99. The number of halogens is 1. The van der Waals surface area contributed by atoms with E-state index in [0.717, 1.165) is 16.5 Å². The Kier molecular flexibility index (Phi) is 4.43. The number of hydrogen-bond donors (Lipinski definition) is 1. The molecule has 0 spiro atoms. The second kappa shape index (κ2) is 7.19. The summed E-state index contributed by atoms with van der Waals surface area (Å²) >= 11 is 0. The third-order valence-electron chi connectivity index (χ3n) is 3.97. The van der Waals surface area contributed by atoms with E-state index in [1.165, 1.54) is 12.4 Å². The van der Waals surface area contributed by atoms with Crippen LogP contribution in [0.2, 0.25) is 0 Å². The number of nitrogens with one attached hydrogen (secondary N) is 1. The van der Waals surface area contributed by atoms with Crippen LogP contribution in [0.5, 0.6) is 5.75 Å². The van der Waals surface area contributed by atoms with Crippen LogP contribution in [0.15, 0.2) is 79.1 Å². The Morgan fingerprint density at radius 3 is 2.54 bits per heavy atom. The lowest BCUT2D eigenvalue weighted by atomic mass is 10.2. The lowest BCUT2D eigenvalue weighted by molar-refractivity contribution is 0.290. The van der Waals surface area contributed by atoms with Crippen LogP contribution in [0.25, 0.3) is 10.9 Å². The van der Waals surface area contributed by atoms with Crippen molar-refractivity contribution in [1.29, 1.82) is 0 Å². The Bertz CT molecular complexity index is 1030. The first kappa shape index (κ1) is 16.0. The standard InChI is InChI=1S/C21H16FN3O/c22-18-12-16(10-11-20(18)26-13-15-6-2-1-3-7-15)25-21-17-8-4-5-9-19(17)23-14-24-21/h1-12,14H,13H2,(H,23,24,25). The maximum absolute atomic E-state index is 14.4. The molecule has 0 aliphatic carbocycles. The molecule has 3 aromatic carbocycles. The van der Waals surface area contributed by atoms with Crippen molar-refractivity contribution in [2.24, 2.45) is 0 Å². The number of rotatable bonds is 5. The van der Waals surface area contributed by atoms with Gasteiger partial charge in [-0.3, -0.25) is 0 Å². The summed E-state index contributed by atoms with van der Waals surface area (Å²) in [5, 5.41) is 4.02. The zero-order valence-electron chi connectivity index (χ0n) is 13.9. The molecule has 0 amide bonds. The molecular formula is C21H16FN3O. The molecule has 0 fully saturated rings. The van der Waals surface area contributed by atoms with E-state index in [1.54, 1.807) is 12.1 Å². The molecule has 0 saturated heterocycles. The number of anilines is 2. The van der Waals surface area contributed by atoms with Crippen molar-refractivity contribution in [2.75, 3.05) is 5.32 Å². The van der Waals surface area contributed by atoms with Gasteiger partial charge in [0.1, 0.15) is 18.8 Å². The lowest BCUT2D eigenvalue weighted by Gasteiger charge is -2.11. The minimum Gasteiger partial charge on any atom is -0.486 e. The number of para-hydroxylation sites is 1. The zero-order valence-corrected chi connectivity index (χ0v) is 13.9. The first-order valence-corrected chi connectivity index (χ1v) is 8.23. The second-order valence-electron chi connectivity index (χ2n) is 5.78. The van der Waals surface area contributed by atoms with Gasteiger partial charge in [0.25, 0.3) is 0 Å². The number of nitrogens with zero attached hydrogens (tertiary/aromatic N) is 2. The fraction of sp³-hybridized carbons (Fsp3) is 0.0476. The quantitative estimate of drug-likeness (QED) is 0.547. The minimum absolute atomic E-state index is 0.215. The van der Waals surface area contributed by atoms with Crippen LogP contribution >= 0.6 is 0 Å². The van der Waals surface area contributed by atoms with E-state index < -0.39 is 5.82 Å². The molecule has 26 heavy (non-hydrogen) atoms. The summed E-state index contributed by atoms with van der Waals surface area (Å²) < 4.78 is 19.9. The highest BCUT2D eigenvalue weighted by molar-refractivity contribution is 5.90. The summed E-state index contributed by atoms with van der Waals surface area (Å²) in [6.07, 6.45) is 1.48. The van der Waals surface area contributed by atoms with Crippen molar-refractivity contribution < 1.29 is 9.13 Å². The fourth-order valence-electron chi connectivity index (χ4n) is 2.67. The van der Waals surface area contributed by atoms with Crippen LogP contribution in [-0.2, 0) is 6.61 Å². The fourth-order valence-corrected chi connectivity index (χ4v) is 2.67. The molecule has 0 saturated carbocycles. The summed E-state index contributed by atoms with van der Waals surface area (Å²) in [6, 6.07) is 22.1. The smallest absolute Gasteiger partial charge is 0.167 e. The van der Waals surface area contributed by atoms with Gasteiger partial charge in [0.15, 0.2) is 11.6 Å². The van der Waals surface area contributed by atoms with Gasteiger partial charge in [0, 0.05) is 17.1 Å². The second-order valence-corrected chi connectivity index (χ2v) is 5.78. The van der Waals surface area contributed by atoms with Crippen molar-refractivity contribution in [1.82, 2.24) is 9.97 Å². The molecule has 0 radical (unpaired) electrons. The maximum Gasteiger partial charge on any atom is 0.167 e. The molecule has 128 valence electrons. The Morgan fingerprint density at radius 2 is 1.69 bits per heavy atom. The average molecular weight is 345 g/mol. The molecule has 1 N–H and O–H groups in total. The van der Waals surface area contributed by atoms with Gasteiger partial charge in [0.2, 0.25) is 0 Å².